The highest BCUT2D eigenvalue weighted by Gasteiger charge is 2.33. The lowest BCUT2D eigenvalue weighted by atomic mass is 9.90. The number of hydrogen-bond donors (Lipinski definition) is 1. The molecule has 3 aliphatic heterocycles. The first-order valence-corrected chi connectivity index (χ1v) is 8.84. The van der Waals surface area contributed by atoms with Gasteiger partial charge in [0.1, 0.15) is 0 Å². The van der Waals surface area contributed by atoms with Gasteiger partial charge in [-0.15, -0.1) is 0 Å². The first-order valence-electron chi connectivity index (χ1n) is 8.84. The molecule has 3 fully saturated rings. The van der Waals surface area contributed by atoms with Gasteiger partial charge in [-0.1, -0.05) is 6.92 Å². The predicted octanol–water partition coefficient (Wildman–Crippen LogP) is -0.0658. The van der Waals surface area contributed by atoms with E-state index in [1.165, 1.54) is 58.8 Å². The fourth-order valence-electron chi connectivity index (χ4n) is 4.06. The second-order valence-corrected chi connectivity index (χ2v) is 6.70. The third kappa shape index (κ3) is 4.17. The molecule has 0 aromatic rings. The fourth-order valence-corrected chi connectivity index (χ4v) is 4.06. The molecule has 0 amide bonds. The molecule has 3 saturated heterocycles. The van der Waals surface area contributed by atoms with E-state index < -0.39 is 0 Å². The maximum absolute atomic E-state index is 5.49. The first-order chi connectivity index (χ1) is 10.4. The van der Waals surface area contributed by atoms with Crippen molar-refractivity contribution in [3.8, 4) is 0 Å². The molecule has 0 spiro atoms. The number of piperazine rings is 1. The molecule has 5 nitrogen and oxygen atoms in total. The molecule has 0 bridgehead atoms. The van der Waals surface area contributed by atoms with Crippen molar-refractivity contribution >= 4 is 0 Å². The summed E-state index contributed by atoms with van der Waals surface area (Å²) in [5.41, 5.74) is 0. The van der Waals surface area contributed by atoms with E-state index >= 15 is 0 Å². The number of morpholine rings is 1. The van der Waals surface area contributed by atoms with E-state index in [1.807, 2.05) is 0 Å². The lowest BCUT2D eigenvalue weighted by Gasteiger charge is -2.45. The summed E-state index contributed by atoms with van der Waals surface area (Å²) >= 11 is 0. The fraction of sp³-hybridized carbons (Fsp3) is 1.00. The Morgan fingerprint density at radius 3 is 2.48 bits per heavy atom. The van der Waals surface area contributed by atoms with Gasteiger partial charge in [-0.25, -0.2) is 0 Å². The number of piperidine rings is 1. The van der Waals surface area contributed by atoms with Gasteiger partial charge in [0, 0.05) is 58.4 Å². The number of likely N-dealkylation sites (N-methyl/N-ethyl adjacent to an activating group) is 1. The third-order valence-electron chi connectivity index (χ3n) is 5.51. The first kappa shape index (κ1) is 15.7. The van der Waals surface area contributed by atoms with E-state index in [1.54, 1.807) is 0 Å². The topological polar surface area (TPSA) is 31.0 Å². The molecule has 2 atom stereocenters. The molecule has 0 saturated carbocycles. The molecule has 3 heterocycles. The molecule has 0 aromatic heterocycles. The summed E-state index contributed by atoms with van der Waals surface area (Å²) in [6.07, 6.45) is 1.33. The van der Waals surface area contributed by atoms with Crippen LogP contribution in [0, 0.1) is 5.92 Å². The van der Waals surface area contributed by atoms with Crippen molar-refractivity contribution in [3.63, 3.8) is 0 Å². The molecule has 3 rings (SSSR count). The van der Waals surface area contributed by atoms with Crippen LogP contribution >= 0.6 is 0 Å². The van der Waals surface area contributed by atoms with Gasteiger partial charge in [-0.2, -0.15) is 0 Å². The van der Waals surface area contributed by atoms with Crippen LogP contribution < -0.4 is 5.32 Å². The number of nitrogens with zero attached hydrogens (tertiary/aromatic N) is 3. The van der Waals surface area contributed by atoms with E-state index in [9.17, 15) is 0 Å². The summed E-state index contributed by atoms with van der Waals surface area (Å²) < 4.78 is 5.49. The molecule has 5 heteroatoms. The standard InChI is InChI=1S/C16H32N4O/c1-2-18-5-7-20(8-6-18)16-13-17-4-3-15(16)14-19-9-11-21-12-10-19/h15-17H,2-14H2,1H3. The van der Waals surface area contributed by atoms with Crippen LogP contribution in [-0.4, -0.2) is 99.4 Å². The molecule has 122 valence electrons. The van der Waals surface area contributed by atoms with Crippen molar-refractivity contribution in [2.75, 3.05) is 78.7 Å². The normalized spacial score (nSPS) is 34.1. The van der Waals surface area contributed by atoms with E-state index in [4.69, 9.17) is 4.74 Å². The molecular formula is C16H32N4O. The van der Waals surface area contributed by atoms with Gasteiger partial charge in [0.2, 0.25) is 0 Å². The summed E-state index contributed by atoms with van der Waals surface area (Å²) in [6.45, 7) is 16.2. The molecule has 0 aromatic carbocycles. The van der Waals surface area contributed by atoms with E-state index in [-0.39, 0.29) is 0 Å². The van der Waals surface area contributed by atoms with Crippen molar-refractivity contribution in [1.82, 2.24) is 20.0 Å². The maximum atomic E-state index is 5.49. The number of hydrogen-bond acceptors (Lipinski definition) is 5. The Balaban J connectivity index is 1.53. The quantitative estimate of drug-likeness (QED) is 0.785. The number of nitrogens with one attached hydrogen (secondary N) is 1. The van der Waals surface area contributed by atoms with E-state index in [0.717, 1.165) is 38.3 Å². The molecule has 21 heavy (non-hydrogen) atoms. The Labute approximate surface area is 129 Å². The van der Waals surface area contributed by atoms with Gasteiger partial charge in [0.15, 0.2) is 0 Å². The van der Waals surface area contributed by atoms with Gasteiger partial charge in [0.05, 0.1) is 13.2 Å². The molecule has 0 radical (unpaired) electrons. The number of ether oxygens (including phenoxy) is 1. The average molecular weight is 296 g/mol. The zero-order valence-corrected chi connectivity index (χ0v) is 13.6. The van der Waals surface area contributed by atoms with Gasteiger partial charge in [-0.3, -0.25) is 9.80 Å². The Kier molecular flexibility index (Phi) is 5.89. The van der Waals surface area contributed by atoms with Crippen LogP contribution in [-0.2, 0) is 4.74 Å². The third-order valence-corrected chi connectivity index (χ3v) is 5.51. The summed E-state index contributed by atoms with van der Waals surface area (Å²) in [6, 6.07) is 0.737. The van der Waals surface area contributed by atoms with Crippen molar-refractivity contribution in [2.45, 2.75) is 19.4 Å². The highest BCUT2D eigenvalue weighted by molar-refractivity contribution is 4.90. The Hall–Kier alpha value is -0.200. The minimum Gasteiger partial charge on any atom is -0.379 e. The average Bonchev–Trinajstić information content (AvgIpc) is 2.56. The van der Waals surface area contributed by atoms with Crippen LogP contribution in [0.5, 0.6) is 0 Å². The lowest BCUT2D eigenvalue weighted by Crippen LogP contribution is -2.59. The van der Waals surface area contributed by atoms with Crippen LogP contribution in [0.15, 0.2) is 0 Å². The molecule has 1 N–H and O–H groups in total. The van der Waals surface area contributed by atoms with Crippen LogP contribution in [0.25, 0.3) is 0 Å². The zero-order valence-electron chi connectivity index (χ0n) is 13.6. The minimum absolute atomic E-state index is 0.737. The zero-order chi connectivity index (χ0) is 14.5. The van der Waals surface area contributed by atoms with Gasteiger partial charge >= 0.3 is 0 Å². The van der Waals surface area contributed by atoms with E-state index in [2.05, 4.69) is 26.9 Å². The highest BCUT2D eigenvalue weighted by Crippen LogP contribution is 2.21. The van der Waals surface area contributed by atoms with E-state index in [0.29, 0.717) is 0 Å². The number of rotatable bonds is 4. The Bertz CT molecular complexity index is 301. The van der Waals surface area contributed by atoms with Gasteiger partial charge < -0.3 is 15.0 Å². The van der Waals surface area contributed by atoms with Crippen LogP contribution in [0.4, 0.5) is 0 Å². The van der Waals surface area contributed by atoms with Gasteiger partial charge in [0.25, 0.3) is 0 Å². The summed E-state index contributed by atoms with van der Waals surface area (Å²) in [7, 11) is 0. The van der Waals surface area contributed by atoms with Crippen molar-refractivity contribution in [2.24, 2.45) is 5.92 Å². The Morgan fingerprint density at radius 1 is 1.00 bits per heavy atom. The predicted molar refractivity (Wildman–Crippen MR) is 85.7 cm³/mol. The largest absolute Gasteiger partial charge is 0.379 e. The van der Waals surface area contributed by atoms with Gasteiger partial charge in [-0.05, 0) is 25.4 Å². The van der Waals surface area contributed by atoms with Crippen molar-refractivity contribution in [1.29, 1.82) is 0 Å². The summed E-state index contributed by atoms with van der Waals surface area (Å²) in [5, 5.41) is 3.63. The molecule has 0 aliphatic carbocycles. The maximum Gasteiger partial charge on any atom is 0.0594 e. The van der Waals surface area contributed by atoms with Crippen LogP contribution in [0.3, 0.4) is 0 Å². The van der Waals surface area contributed by atoms with Crippen molar-refractivity contribution in [3.05, 3.63) is 0 Å². The smallest absolute Gasteiger partial charge is 0.0594 e. The molecule has 3 aliphatic rings. The lowest BCUT2D eigenvalue weighted by molar-refractivity contribution is 0.00653. The molecular weight excluding hydrogens is 264 g/mol. The van der Waals surface area contributed by atoms with Crippen LogP contribution in [0.1, 0.15) is 13.3 Å². The second kappa shape index (κ2) is 7.88. The minimum atomic E-state index is 0.737. The molecule has 2 unspecified atom stereocenters. The monoisotopic (exact) mass is 296 g/mol. The highest BCUT2D eigenvalue weighted by atomic mass is 16.5. The van der Waals surface area contributed by atoms with Crippen molar-refractivity contribution < 1.29 is 4.74 Å². The second-order valence-electron chi connectivity index (χ2n) is 6.70. The SMILES string of the molecule is CCN1CCN(C2CNCCC2CN2CCOCC2)CC1. The summed E-state index contributed by atoms with van der Waals surface area (Å²) in [4.78, 5) is 7.95. The van der Waals surface area contributed by atoms with Crippen LogP contribution in [0.2, 0.25) is 0 Å². The Morgan fingerprint density at radius 2 is 1.76 bits per heavy atom. The summed E-state index contributed by atoms with van der Waals surface area (Å²) in [5.74, 6) is 0.831.